The maximum Gasteiger partial charge on any atom is 0.433 e. The van der Waals surface area contributed by atoms with Crippen molar-refractivity contribution < 1.29 is 27.6 Å². The standard InChI is InChI=1S/C20H14BrF3N4O4S/c1-32-16-8-13(28(30)31)6-7-14(16)25-18(29)10-33-19-26-15(9-17(27-19)20(22,23)24)11-2-4-12(21)5-3-11/h2-9H,10H2,1H3,(H,25,29). The van der Waals surface area contributed by atoms with Crippen LogP contribution in [0.1, 0.15) is 5.69 Å². The predicted octanol–water partition coefficient (Wildman–Crippen LogP) is 5.57. The first-order chi connectivity index (χ1) is 15.6. The maximum atomic E-state index is 13.3. The SMILES string of the molecule is COc1cc([N+](=O)[O-])ccc1NC(=O)CSc1nc(-c2ccc(Br)cc2)cc(C(F)(F)F)n1. The van der Waals surface area contributed by atoms with Crippen LogP contribution in [0.4, 0.5) is 24.5 Å². The Morgan fingerprint density at radius 1 is 1.18 bits per heavy atom. The van der Waals surface area contributed by atoms with Crippen molar-refractivity contribution in [3.8, 4) is 17.0 Å². The molecule has 1 aromatic heterocycles. The molecule has 0 saturated heterocycles. The fourth-order valence-corrected chi connectivity index (χ4v) is 3.54. The molecule has 13 heteroatoms. The second-order valence-corrected chi connectivity index (χ2v) is 8.26. The molecule has 0 spiro atoms. The average molecular weight is 543 g/mol. The van der Waals surface area contributed by atoms with E-state index >= 15 is 0 Å². The van der Waals surface area contributed by atoms with Gasteiger partial charge in [-0.2, -0.15) is 13.2 Å². The normalized spacial score (nSPS) is 11.2. The van der Waals surface area contributed by atoms with Crippen molar-refractivity contribution in [2.45, 2.75) is 11.3 Å². The number of carbonyl (C=O) groups is 1. The molecule has 0 aliphatic rings. The van der Waals surface area contributed by atoms with Gasteiger partial charge in [0.15, 0.2) is 5.16 Å². The molecule has 0 saturated carbocycles. The summed E-state index contributed by atoms with van der Waals surface area (Å²) in [7, 11) is 1.28. The number of aromatic nitrogens is 2. The van der Waals surface area contributed by atoms with Gasteiger partial charge < -0.3 is 10.1 Å². The van der Waals surface area contributed by atoms with Gasteiger partial charge in [0.25, 0.3) is 5.69 Å². The number of carbonyl (C=O) groups excluding carboxylic acids is 1. The number of amides is 1. The molecule has 1 heterocycles. The molecule has 0 unspecified atom stereocenters. The topological polar surface area (TPSA) is 107 Å². The quantitative estimate of drug-likeness (QED) is 0.180. The van der Waals surface area contributed by atoms with Crippen molar-refractivity contribution in [2.24, 2.45) is 0 Å². The van der Waals surface area contributed by atoms with Crippen molar-refractivity contribution in [1.82, 2.24) is 9.97 Å². The van der Waals surface area contributed by atoms with Crippen LogP contribution in [0, 0.1) is 10.1 Å². The number of benzene rings is 2. The van der Waals surface area contributed by atoms with E-state index in [-0.39, 0.29) is 33.7 Å². The van der Waals surface area contributed by atoms with Crippen molar-refractivity contribution in [3.63, 3.8) is 0 Å². The second kappa shape index (κ2) is 10.2. The molecule has 2 aromatic carbocycles. The van der Waals surface area contributed by atoms with Crippen LogP contribution in [0.25, 0.3) is 11.3 Å². The highest BCUT2D eigenvalue weighted by molar-refractivity contribution is 9.10. The Labute approximate surface area is 197 Å². The molecule has 33 heavy (non-hydrogen) atoms. The van der Waals surface area contributed by atoms with Gasteiger partial charge in [-0.3, -0.25) is 14.9 Å². The molecule has 1 N–H and O–H groups in total. The van der Waals surface area contributed by atoms with Crippen molar-refractivity contribution >= 4 is 45.0 Å². The van der Waals surface area contributed by atoms with Crippen LogP contribution in [0.3, 0.4) is 0 Å². The summed E-state index contributed by atoms with van der Waals surface area (Å²) in [5, 5.41) is 13.1. The van der Waals surface area contributed by atoms with Gasteiger partial charge in [-0.25, -0.2) is 9.97 Å². The number of halogens is 4. The zero-order chi connectivity index (χ0) is 24.2. The van der Waals surface area contributed by atoms with Crippen molar-refractivity contribution in [1.29, 1.82) is 0 Å². The summed E-state index contributed by atoms with van der Waals surface area (Å²) in [6.07, 6.45) is -4.70. The van der Waals surface area contributed by atoms with E-state index in [9.17, 15) is 28.1 Å². The summed E-state index contributed by atoms with van der Waals surface area (Å²) in [6, 6.07) is 11.0. The van der Waals surface area contributed by atoms with Gasteiger partial charge in [-0.15, -0.1) is 0 Å². The lowest BCUT2D eigenvalue weighted by Crippen LogP contribution is -2.16. The largest absolute Gasteiger partial charge is 0.494 e. The number of hydrogen-bond acceptors (Lipinski definition) is 7. The molecule has 1 amide bonds. The van der Waals surface area contributed by atoms with Gasteiger partial charge in [-0.05, 0) is 24.3 Å². The van der Waals surface area contributed by atoms with Crippen LogP contribution in [-0.2, 0) is 11.0 Å². The molecule has 0 fully saturated rings. The van der Waals surface area contributed by atoms with Gasteiger partial charge >= 0.3 is 6.18 Å². The van der Waals surface area contributed by atoms with Crippen LogP contribution in [0.15, 0.2) is 58.2 Å². The van der Waals surface area contributed by atoms with Gasteiger partial charge in [0, 0.05) is 16.1 Å². The van der Waals surface area contributed by atoms with Crippen LogP contribution in [-0.4, -0.2) is 33.7 Å². The van der Waals surface area contributed by atoms with E-state index in [0.717, 1.165) is 28.4 Å². The fourth-order valence-electron chi connectivity index (χ4n) is 2.62. The highest BCUT2D eigenvalue weighted by Crippen LogP contribution is 2.33. The lowest BCUT2D eigenvalue weighted by molar-refractivity contribution is -0.384. The lowest BCUT2D eigenvalue weighted by atomic mass is 10.1. The smallest absolute Gasteiger partial charge is 0.433 e. The maximum absolute atomic E-state index is 13.3. The van der Waals surface area contributed by atoms with Gasteiger partial charge in [0.05, 0.1) is 35.2 Å². The fraction of sp³-hybridized carbons (Fsp3) is 0.150. The molecular weight excluding hydrogens is 529 g/mol. The lowest BCUT2D eigenvalue weighted by Gasteiger charge is -2.11. The Kier molecular flexibility index (Phi) is 7.53. The molecular formula is C20H14BrF3N4O4S. The molecule has 0 radical (unpaired) electrons. The number of hydrogen-bond donors (Lipinski definition) is 1. The molecule has 0 aliphatic heterocycles. The van der Waals surface area contributed by atoms with E-state index < -0.39 is 22.7 Å². The first-order valence-corrected chi connectivity index (χ1v) is 10.8. The highest BCUT2D eigenvalue weighted by Gasteiger charge is 2.34. The van der Waals surface area contributed by atoms with Gasteiger partial charge in [0.2, 0.25) is 5.91 Å². The van der Waals surface area contributed by atoms with Gasteiger partial charge in [-0.1, -0.05) is 39.8 Å². The van der Waals surface area contributed by atoms with Crippen LogP contribution < -0.4 is 10.1 Å². The summed E-state index contributed by atoms with van der Waals surface area (Å²) in [6.45, 7) is 0. The first kappa shape index (κ1) is 24.5. The number of thioether (sulfide) groups is 1. The van der Waals surface area contributed by atoms with E-state index in [1.165, 1.54) is 19.2 Å². The monoisotopic (exact) mass is 542 g/mol. The molecule has 0 bridgehead atoms. The number of alkyl halides is 3. The minimum Gasteiger partial charge on any atom is -0.494 e. The number of nitrogens with zero attached hydrogens (tertiary/aromatic N) is 3. The number of rotatable bonds is 7. The molecule has 3 aromatic rings. The number of methoxy groups -OCH3 is 1. The zero-order valence-corrected chi connectivity index (χ0v) is 19.1. The number of nitro groups is 1. The van der Waals surface area contributed by atoms with Crippen LogP contribution in [0.2, 0.25) is 0 Å². The van der Waals surface area contributed by atoms with E-state index in [0.29, 0.717) is 5.56 Å². The second-order valence-electron chi connectivity index (χ2n) is 6.40. The molecule has 8 nitrogen and oxygen atoms in total. The number of nitro benzene ring substituents is 1. The summed E-state index contributed by atoms with van der Waals surface area (Å²) >= 11 is 3.98. The minimum absolute atomic E-state index is 0.0600. The Morgan fingerprint density at radius 3 is 2.48 bits per heavy atom. The number of nitrogens with one attached hydrogen (secondary N) is 1. The van der Waals surface area contributed by atoms with E-state index in [1.54, 1.807) is 24.3 Å². The van der Waals surface area contributed by atoms with Crippen LogP contribution >= 0.6 is 27.7 Å². The van der Waals surface area contributed by atoms with Crippen LogP contribution in [0.5, 0.6) is 5.75 Å². The number of non-ortho nitro benzene ring substituents is 1. The third-order valence-corrected chi connectivity index (χ3v) is 5.51. The Hall–Kier alpha value is -3.19. The highest BCUT2D eigenvalue weighted by atomic mass is 79.9. The average Bonchev–Trinajstić information content (AvgIpc) is 2.77. The summed E-state index contributed by atoms with van der Waals surface area (Å²) < 4.78 is 45.8. The molecule has 3 rings (SSSR count). The molecule has 0 aliphatic carbocycles. The summed E-state index contributed by atoms with van der Waals surface area (Å²) in [5.74, 6) is -0.824. The third-order valence-electron chi connectivity index (χ3n) is 4.14. The number of ether oxygens (including phenoxy) is 1. The third kappa shape index (κ3) is 6.42. The predicted molar refractivity (Wildman–Crippen MR) is 119 cm³/mol. The molecule has 172 valence electrons. The van der Waals surface area contributed by atoms with Crippen molar-refractivity contribution in [2.75, 3.05) is 18.2 Å². The zero-order valence-electron chi connectivity index (χ0n) is 16.7. The van der Waals surface area contributed by atoms with E-state index in [2.05, 4.69) is 31.2 Å². The van der Waals surface area contributed by atoms with Crippen molar-refractivity contribution in [3.05, 3.63) is 68.8 Å². The summed E-state index contributed by atoms with van der Waals surface area (Å²) in [5.41, 5.74) is -0.667. The Morgan fingerprint density at radius 2 is 1.88 bits per heavy atom. The first-order valence-electron chi connectivity index (χ1n) is 9.04. The van der Waals surface area contributed by atoms with Gasteiger partial charge in [0.1, 0.15) is 11.4 Å². The van der Waals surface area contributed by atoms with E-state index in [4.69, 9.17) is 4.74 Å². The summed E-state index contributed by atoms with van der Waals surface area (Å²) in [4.78, 5) is 30.3. The minimum atomic E-state index is -4.70. The Balaban J connectivity index is 1.79. The Bertz CT molecular complexity index is 1190. The molecule has 0 atom stereocenters. The van der Waals surface area contributed by atoms with E-state index in [1.807, 2.05) is 0 Å². The number of anilines is 1.